The quantitative estimate of drug-likeness (QED) is 0.889. The molecule has 0 bridgehead atoms. The predicted octanol–water partition coefficient (Wildman–Crippen LogP) is 3.09. The van der Waals surface area contributed by atoms with Crippen molar-refractivity contribution in [2.24, 2.45) is 0 Å². The van der Waals surface area contributed by atoms with Crippen LogP contribution in [0.3, 0.4) is 0 Å². The topological polar surface area (TPSA) is 47.6 Å². The van der Waals surface area contributed by atoms with Gasteiger partial charge in [0.25, 0.3) is 5.91 Å². The lowest BCUT2D eigenvalue weighted by molar-refractivity contribution is 0.0955. The molecule has 0 aliphatic carbocycles. The molecular weight excluding hydrogens is 274 g/mol. The van der Waals surface area contributed by atoms with Crippen molar-refractivity contribution in [3.63, 3.8) is 0 Å². The lowest BCUT2D eigenvalue weighted by atomic mass is 10.2. The Labute approximate surface area is 122 Å². The van der Waals surface area contributed by atoms with E-state index in [4.69, 9.17) is 9.47 Å². The van der Waals surface area contributed by atoms with E-state index in [2.05, 4.69) is 5.32 Å². The fourth-order valence-corrected chi connectivity index (χ4v) is 2.41. The Bertz CT molecular complexity index is 567. The highest BCUT2D eigenvalue weighted by Crippen LogP contribution is 2.28. The minimum atomic E-state index is -0.0622. The van der Waals surface area contributed by atoms with Gasteiger partial charge in [0, 0.05) is 6.54 Å². The van der Waals surface area contributed by atoms with Crippen LogP contribution in [-0.4, -0.2) is 19.6 Å². The largest absolute Gasteiger partial charge is 0.493 e. The molecule has 2 rings (SSSR count). The summed E-state index contributed by atoms with van der Waals surface area (Å²) >= 11 is 1.43. The maximum absolute atomic E-state index is 11.8. The SMILES string of the molecule is CCOc1ccc(CNC(=O)c2cccs2)cc1OC. The van der Waals surface area contributed by atoms with Crippen LogP contribution in [0.4, 0.5) is 0 Å². The van der Waals surface area contributed by atoms with E-state index in [9.17, 15) is 4.79 Å². The zero-order valence-electron chi connectivity index (χ0n) is 11.5. The van der Waals surface area contributed by atoms with Gasteiger partial charge in [-0.1, -0.05) is 12.1 Å². The lowest BCUT2D eigenvalue weighted by Gasteiger charge is -2.11. The molecule has 0 fully saturated rings. The van der Waals surface area contributed by atoms with Gasteiger partial charge < -0.3 is 14.8 Å². The first kappa shape index (κ1) is 14.4. The highest BCUT2D eigenvalue weighted by Gasteiger charge is 2.08. The third-order valence-corrected chi connectivity index (χ3v) is 3.59. The summed E-state index contributed by atoms with van der Waals surface area (Å²) in [6, 6.07) is 9.31. The van der Waals surface area contributed by atoms with Crippen LogP contribution in [-0.2, 0) is 6.54 Å². The summed E-state index contributed by atoms with van der Waals surface area (Å²) in [5.74, 6) is 1.32. The molecule has 4 nitrogen and oxygen atoms in total. The Hall–Kier alpha value is -2.01. The van der Waals surface area contributed by atoms with Crippen LogP contribution in [0.25, 0.3) is 0 Å². The van der Waals surface area contributed by atoms with Crippen molar-refractivity contribution >= 4 is 17.2 Å². The van der Waals surface area contributed by atoms with Crippen molar-refractivity contribution in [1.29, 1.82) is 0 Å². The summed E-state index contributed by atoms with van der Waals surface area (Å²) < 4.78 is 10.7. The van der Waals surface area contributed by atoms with Crippen LogP contribution in [0.5, 0.6) is 11.5 Å². The van der Waals surface area contributed by atoms with Crippen molar-refractivity contribution < 1.29 is 14.3 Å². The van der Waals surface area contributed by atoms with E-state index >= 15 is 0 Å². The number of rotatable bonds is 6. The Morgan fingerprint density at radius 3 is 2.80 bits per heavy atom. The monoisotopic (exact) mass is 291 g/mol. The van der Waals surface area contributed by atoms with Crippen LogP contribution < -0.4 is 14.8 Å². The second kappa shape index (κ2) is 6.96. The Balaban J connectivity index is 2.01. The Kier molecular flexibility index (Phi) is 5.01. The summed E-state index contributed by atoms with van der Waals surface area (Å²) in [7, 11) is 1.60. The number of ether oxygens (including phenoxy) is 2. The minimum absolute atomic E-state index is 0.0622. The van der Waals surface area contributed by atoms with Crippen molar-refractivity contribution in [3.8, 4) is 11.5 Å². The summed E-state index contributed by atoms with van der Waals surface area (Å²) in [4.78, 5) is 12.6. The second-order valence-corrected chi connectivity index (χ2v) is 5.03. The van der Waals surface area contributed by atoms with Gasteiger partial charge in [0.15, 0.2) is 11.5 Å². The molecule has 0 aliphatic heterocycles. The zero-order chi connectivity index (χ0) is 14.4. The Morgan fingerprint density at radius 1 is 1.30 bits per heavy atom. The summed E-state index contributed by atoms with van der Waals surface area (Å²) in [6.07, 6.45) is 0. The molecule has 0 atom stereocenters. The van der Waals surface area contributed by atoms with E-state index in [0.717, 1.165) is 5.56 Å². The maximum Gasteiger partial charge on any atom is 0.261 e. The van der Waals surface area contributed by atoms with E-state index in [-0.39, 0.29) is 5.91 Å². The fraction of sp³-hybridized carbons (Fsp3) is 0.267. The van der Waals surface area contributed by atoms with E-state index in [1.165, 1.54) is 11.3 Å². The number of thiophene rings is 1. The molecule has 0 spiro atoms. The van der Waals surface area contributed by atoms with Gasteiger partial charge >= 0.3 is 0 Å². The number of hydrogen-bond acceptors (Lipinski definition) is 4. The molecular formula is C15H17NO3S. The van der Waals surface area contributed by atoms with Crippen LogP contribution in [0.15, 0.2) is 35.7 Å². The van der Waals surface area contributed by atoms with Gasteiger partial charge in [-0.05, 0) is 36.1 Å². The van der Waals surface area contributed by atoms with Crippen molar-refractivity contribution in [2.45, 2.75) is 13.5 Å². The number of nitrogens with one attached hydrogen (secondary N) is 1. The molecule has 1 aromatic heterocycles. The average molecular weight is 291 g/mol. The van der Waals surface area contributed by atoms with Crippen LogP contribution >= 0.6 is 11.3 Å². The van der Waals surface area contributed by atoms with E-state index < -0.39 is 0 Å². The van der Waals surface area contributed by atoms with Crippen molar-refractivity contribution in [2.75, 3.05) is 13.7 Å². The third-order valence-electron chi connectivity index (χ3n) is 2.73. The summed E-state index contributed by atoms with van der Waals surface area (Å²) in [5, 5.41) is 4.76. The molecule has 2 aromatic rings. The normalized spacial score (nSPS) is 10.1. The van der Waals surface area contributed by atoms with Gasteiger partial charge in [0.05, 0.1) is 18.6 Å². The first-order chi connectivity index (χ1) is 9.74. The van der Waals surface area contributed by atoms with E-state index in [1.54, 1.807) is 13.2 Å². The molecule has 106 valence electrons. The number of carbonyl (C=O) groups excluding carboxylic acids is 1. The molecule has 0 saturated heterocycles. The van der Waals surface area contributed by atoms with E-state index in [1.807, 2.05) is 36.6 Å². The average Bonchev–Trinajstić information content (AvgIpc) is 3.00. The number of hydrogen-bond donors (Lipinski definition) is 1. The molecule has 1 aromatic carbocycles. The maximum atomic E-state index is 11.8. The Morgan fingerprint density at radius 2 is 2.15 bits per heavy atom. The van der Waals surface area contributed by atoms with Gasteiger partial charge in [0.1, 0.15) is 0 Å². The fourth-order valence-electron chi connectivity index (χ4n) is 1.77. The standard InChI is InChI=1S/C15H17NO3S/c1-3-19-12-7-6-11(9-13(12)18-2)10-16-15(17)14-5-4-8-20-14/h4-9H,3,10H2,1-2H3,(H,16,17). The molecule has 1 heterocycles. The highest BCUT2D eigenvalue weighted by molar-refractivity contribution is 7.12. The van der Waals surface area contributed by atoms with Crippen molar-refractivity contribution in [3.05, 3.63) is 46.2 Å². The highest BCUT2D eigenvalue weighted by atomic mass is 32.1. The van der Waals surface area contributed by atoms with Gasteiger partial charge in [0.2, 0.25) is 0 Å². The van der Waals surface area contributed by atoms with Gasteiger partial charge in [-0.2, -0.15) is 0 Å². The molecule has 0 radical (unpaired) electrons. The van der Waals surface area contributed by atoms with Crippen LogP contribution in [0, 0.1) is 0 Å². The van der Waals surface area contributed by atoms with Gasteiger partial charge in [-0.3, -0.25) is 4.79 Å². The van der Waals surface area contributed by atoms with Crippen molar-refractivity contribution in [1.82, 2.24) is 5.32 Å². The summed E-state index contributed by atoms with van der Waals surface area (Å²) in [5.41, 5.74) is 0.968. The lowest BCUT2D eigenvalue weighted by Crippen LogP contribution is -2.21. The molecule has 0 saturated carbocycles. The van der Waals surface area contributed by atoms with Gasteiger partial charge in [-0.15, -0.1) is 11.3 Å². The minimum Gasteiger partial charge on any atom is -0.493 e. The van der Waals surface area contributed by atoms with E-state index in [0.29, 0.717) is 29.5 Å². The number of methoxy groups -OCH3 is 1. The second-order valence-electron chi connectivity index (χ2n) is 4.08. The first-order valence-electron chi connectivity index (χ1n) is 6.36. The molecule has 20 heavy (non-hydrogen) atoms. The zero-order valence-corrected chi connectivity index (χ0v) is 12.3. The smallest absolute Gasteiger partial charge is 0.261 e. The molecule has 0 unspecified atom stereocenters. The first-order valence-corrected chi connectivity index (χ1v) is 7.24. The number of benzene rings is 1. The molecule has 0 aliphatic rings. The van der Waals surface area contributed by atoms with Crippen LogP contribution in [0.2, 0.25) is 0 Å². The number of amides is 1. The van der Waals surface area contributed by atoms with Gasteiger partial charge in [-0.25, -0.2) is 0 Å². The number of carbonyl (C=O) groups is 1. The third kappa shape index (κ3) is 3.51. The molecule has 5 heteroatoms. The summed E-state index contributed by atoms with van der Waals surface area (Å²) in [6.45, 7) is 2.97. The van der Waals surface area contributed by atoms with Crippen LogP contribution in [0.1, 0.15) is 22.2 Å². The predicted molar refractivity (Wildman–Crippen MR) is 79.7 cm³/mol. The molecule has 1 N–H and O–H groups in total. The molecule has 1 amide bonds.